The van der Waals surface area contributed by atoms with E-state index in [0.29, 0.717) is 13.1 Å². The topological polar surface area (TPSA) is 60.9 Å². The van der Waals surface area contributed by atoms with Crippen molar-refractivity contribution in [2.45, 2.75) is 38.9 Å². The van der Waals surface area contributed by atoms with Gasteiger partial charge in [-0.1, -0.05) is 0 Å². The van der Waals surface area contributed by atoms with Gasteiger partial charge in [0.25, 0.3) is 0 Å². The molecule has 25 heavy (non-hydrogen) atoms. The average molecular weight is 344 g/mol. The molecule has 6 nitrogen and oxygen atoms in total. The minimum Gasteiger partial charge on any atom is -0.497 e. The normalized spacial score (nSPS) is 17.6. The summed E-state index contributed by atoms with van der Waals surface area (Å²) in [6.07, 6.45) is 2.14. The number of fused-ring (bicyclic) bond motifs is 1. The van der Waals surface area contributed by atoms with Crippen molar-refractivity contribution in [3.05, 3.63) is 30.5 Å². The Hall–Kier alpha value is -2.50. The standard InChI is InChI=1S/C19H24N2O4/c1-19(2,3)25-18(22)21-10-8-14(12-21)24-17-7-9-20-16-6-5-13(23-4)11-15(16)17/h5-7,9,11,14H,8,10,12H2,1-4H3. The Morgan fingerprint density at radius 2 is 2.08 bits per heavy atom. The first-order valence-electron chi connectivity index (χ1n) is 8.43. The predicted molar refractivity (Wildman–Crippen MR) is 95.1 cm³/mol. The van der Waals surface area contributed by atoms with Gasteiger partial charge in [0, 0.05) is 24.5 Å². The van der Waals surface area contributed by atoms with Crippen molar-refractivity contribution in [1.29, 1.82) is 0 Å². The number of rotatable bonds is 3. The smallest absolute Gasteiger partial charge is 0.410 e. The highest BCUT2D eigenvalue weighted by Gasteiger charge is 2.31. The van der Waals surface area contributed by atoms with Crippen LogP contribution in [0.5, 0.6) is 11.5 Å². The van der Waals surface area contributed by atoms with E-state index < -0.39 is 5.60 Å². The fourth-order valence-corrected chi connectivity index (χ4v) is 2.83. The lowest BCUT2D eigenvalue weighted by atomic mass is 10.2. The number of likely N-dealkylation sites (tertiary alicyclic amines) is 1. The molecule has 1 aromatic carbocycles. The molecule has 1 fully saturated rings. The van der Waals surface area contributed by atoms with E-state index in [1.165, 1.54) is 0 Å². The molecular weight excluding hydrogens is 320 g/mol. The Morgan fingerprint density at radius 3 is 2.80 bits per heavy atom. The minimum absolute atomic E-state index is 0.0654. The molecule has 1 unspecified atom stereocenters. The highest BCUT2D eigenvalue weighted by atomic mass is 16.6. The maximum absolute atomic E-state index is 12.2. The Bertz CT molecular complexity index is 770. The Labute approximate surface area is 147 Å². The van der Waals surface area contributed by atoms with Gasteiger partial charge in [-0.15, -0.1) is 0 Å². The van der Waals surface area contributed by atoms with Gasteiger partial charge < -0.3 is 19.1 Å². The van der Waals surface area contributed by atoms with Gasteiger partial charge in [0.15, 0.2) is 0 Å². The summed E-state index contributed by atoms with van der Waals surface area (Å²) >= 11 is 0. The summed E-state index contributed by atoms with van der Waals surface area (Å²) in [6.45, 7) is 6.75. The van der Waals surface area contributed by atoms with Gasteiger partial charge in [-0.2, -0.15) is 0 Å². The molecule has 2 heterocycles. The summed E-state index contributed by atoms with van der Waals surface area (Å²) < 4.78 is 16.9. The molecule has 0 saturated carbocycles. The van der Waals surface area contributed by atoms with Crippen LogP contribution in [0.2, 0.25) is 0 Å². The van der Waals surface area contributed by atoms with Crippen LogP contribution in [0.15, 0.2) is 30.5 Å². The minimum atomic E-state index is -0.492. The third kappa shape index (κ3) is 4.13. The number of hydrogen-bond donors (Lipinski definition) is 0. The molecule has 0 aliphatic carbocycles. The Balaban J connectivity index is 1.71. The monoisotopic (exact) mass is 344 g/mol. The molecule has 0 N–H and O–H groups in total. The molecule has 2 aromatic rings. The first-order chi connectivity index (χ1) is 11.9. The summed E-state index contributed by atoms with van der Waals surface area (Å²) in [4.78, 5) is 18.2. The largest absolute Gasteiger partial charge is 0.497 e. The van der Waals surface area contributed by atoms with Crippen LogP contribution in [-0.4, -0.2) is 47.9 Å². The van der Waals surface area contributed by atoms with Crippen molar-refractivity contribution in [2.24, 2.45) is 0 Å². The zero-order valence-corrected chi connectivity index (χ0v) is 15.1. The number of amides is 1. The van der Waals surface area contributed by atoms with E-state index in [1.54, 1.807) is 18.2 Å². The summed E-state index contributed by atoms with van der Waals surface area (Å²) in [7, 11) is 1.63. The van der Waals surface area contributed by atoms with Gasteiger partial charge >= 0.3 is 6.09 Å². The van der Waals surface area contributed by atoms with Gasteiger partial charge in [-0.25, -0.2) is 4.79 Å². The van der Waals surface area contributed by atoms with Crippen molar-refractivity contribution < 1.29 is 19.0 Å². The third-order valence-electron chi connectivity index (χ3n) is 4.00. The fourth-order valence-electron chi connectivity index (χ4n) is 2.83. The fraction of sp³-hybridized carbons (Fsp3) is 0.474. The molecule has 3 rings (SSSR count). The van der Waals surface area contributed by atoms with Gasteiger partial charge in [0.2, 0.25) is 0 Å². The lowest BCUT2D eigenvalue weighted by molar-refractivity contribution is 0.0276. The molecule has 1 aliphatic heterocycles. The first-order valence-corrected chi connectivity index (χ1v) is 8.43. The highest BCUT2D eigenvalue weighted by molar-refractivity contribution is 5.86. The highest BCUT2D eigenvalue weighted by Crippen LogP contribution is 2.30. The molecule has 1 amide bonds. The number of nitrogens with zero attached hydrogens (tertiary/aromatic N) is 2. The molecule has 1 atom stereocenters. The van der Waals surface area contributed by atoms with Crippen LogP contribution in [0, 0.1) is 0 Å². The van der Waals surface area contributed by atoms with E-state index in [4.69, 9.17) is 14.2 Å². The second-order valence-electron chi connectivity index (χ2n) is 7.15. The van der Waals surface area contributed by atoms with E-state index in [1.807, 2.05) is 45.0 Å². The molecule has 134 valence electrons. The number of pyridine rings is 1. The van der Waals surface area contributed by atoms with Gasteiger partial charge in [-0.05, 0) is 45.0 Å². The van der Waals surface area contributed by atoms with E-state index >= 15 is 0 Å². The van der Waals surface area contributed by atoms with Gasteiger partial charge in [0.1, 0.15) is 23.2 Å². The van der Waals surface area contributed by atoms with E-state index in [-0.39, 0.29) is 12.2 Å². The van der Waals surface area contributed by atoms with Crippen LogP contribution in [0.25, 0.3) is 10.9 Å². The number of carbonyl (C=O) groups excluding carboxylic acids is 1. The van der Waals surface area contributed by atoms with Crippen LogP contribution in [0.3, 0.4) is 0 Å². The molecule has 6 heteroatoms. The molecule has 1 aromatic heterocycles. The van der Waals surface area contributed by atoms with Crippen molar-refractivity contribution >= 4 is 17.0 Å². The maximum Gasteiger partial charge on any atom is 0.410 e. The number of hydrogen-bond acceptors (Lipinski definition) is 5. The first kappa shape index (κ1) is 17.3. The summed E-state index contributed by atoms with van der Waals surface area (Å²) in [5, 5.41) is 0.901. The van der Waals surface area contributed by atoms with Crippen molar-refractivity contribution in [2.75, 3.05) is 20.2 Å². The van der Waals surface area contributed by atoms with Crippen molar-refractivity contribution in [3.63, 3.8) is 0 Å². The molecule has 0 bridgehead atoms. The van der Waals surface area contributed by atoms with Gasteiger partial charge in [-0.3, -0.25) is 4.98 Å². The van der Waals surface area contributed by atoms with Crippen LogP contribution in [0.4, 0.5) is 4.79 Å². The Kier molecular flexibility index (Phi) is 4.70. The maximum atomic E-state index is 12.2. The number of ether oxygens (including phenoxy) is 3. The lowest BCUT2D eigenvalue weighted by Crippen LogP contribution is -2.36. The zero-order valence-electron chi connectivity index (χ0n) is 15.1. The van der Waals surface area contributed by atoms with Crippen molar-refractivity contribution in [1.82, 2.24) is 9.88 Å². The second-order valence-corrected chi connectivity index (χ2v) is 7.15. The molecule has 1 saturated heterocycles. The molecule has 0 radical (unpaired) electrons. The third-order valence-corrected chi connectivity index (χ3v) is 4.00. The quantitative estimate of drug-likeness (QED) is 0.851. The van der Waals surface area contributed by atoms with E-state index in [9.17, 15) is 4.79 Å². The number of methoxy groups -OCH3 is 1. The summed E-state index contributed by atoms with van der Waals surface area (Å²) in [5.74, 6) is 1.51. The number of benzene rings is 1. The Morgan fingerprint density at radius 1 is 1.28 bits per heavy atom. The average Bonchev–Trinajstić information content (AvgIpc) is 3.02. The molecule has 0 spiro atoms. The van der Waals surface area contributed by atoms with Crippen LogP contribution < -0.4 is 9.47 Å². The molecule has 1 aliphatic rings. The number of carbonyl (C=O) groups is 1. The zero-order chi connectivity index (χ0) is 18.0. The summed E-state index contributed by atoms with van der Waals surface area (Å²) in [5.41, 5.74) is 0.355. The summed E-state index contributed by atoms with van der Waals surface area (Å²) in [6, 6.07) is 7.54. The lowest BCUT2D eigenvalue weighted by Gasteiger charge is -2.24. The SMILES string of the molecule is COc1ccc2nccc(OC3CCN(C(=O)OC(C)(C)C)C3)c2c1. The predicted octanol–water partition coefficient (Wildman–Crippen LogP) is 3.63. The van der Waals surface area contributed by atoms with Crippen molar-refractivity contribution in [3.8, 4) is 11.5 Å². The van der Waals surface area contributed by atoms with E-state index in [0.717, 1.165) is 28.8 Å². The van der Waals surface area contributed by atoms with Crippen LogP contribution in [-0.2, 0) is 4.74 Å². The van der Waals surface area contributed by atoms with Gasteiger partial charge in [0.05, 0.1) is 19.2 Å². The number of aromatic nitrogens is 1. The van der Waals surface area contributed by atoms with Crippen LogP contribution in [0.1, 0.15) is 27.2 Å². The molecular formula is C19H24N2O4. The second kappa shape index (κ2) is 6.78. The van der Waals surface area contributed by atoms with Crippen LogP contribution >= 0.6 is 0 Å². The van der Waals surface area contributed by atoms with E-state index in [2.05, 4.69) is 4.98 Å².